The summed E-state index contributed by atoms with van der Waals surface area (Å²) in [6.45, 7) is 4.65. The average molecular weight is 395 g/mol. The van der Waals surface area contributed by atoms with Crippen LogP contribution >= 0.6 is 22.9 Å². The third-order valence-electron chi connectivity index (χ3n) is 4.27. The molecular weight excluding hydrogens is 372 g/mol. The number of hydrogen-bond donors (Lipinski definition) is 1. The highest BCUT2D eigenvalue weighted by atomic mass is 35.5. The van der Waals surface area contributed by atoms with Crippen LogP contribution in [0.1, 0.15) is 23.4 Å². The van der Waals surface area contributed by atoms with Gasteiger partial charge in [0.2, 0.25) is 0 Å². The lowest BCUT2D eigenvalue weighted by atomic mass is 10.2. The molecule has 7 heteroatoms. The van der Waals surface area contributed by atoms with Crippen LogP contribution in [0.25, 0.3) is 0 Å². The minimum absolute atomic E-state index is 0.0501. The van der Waals surface area contributed by atoms with Gasteiger partial charge in [-0.05, 0) is 24.6 Å². The van der Waals surface area contributed by atoms with Gasteiger partial charge < -0.3 is 19.7 Å². The summed E-state index contributed by atoms with van der Waals surface area (Å²) in [5.41, 5.74) is 0.982. The number of ether oxygens (including phenoxy) is 2. The van der Waals surface area contributed by atoms with Crippen LogP contribution in [0.4, 0.5) is 4.79 Å². The van der Waals surface area contributed by atoms with Crippen LogP contribution in [0.2, 0.25) is 4.34 Å². The molecule has 2 unspecified atom stereocenters. The molecule has 1 aliphatic heterocycles. The SMILES string of the molecule is CC(NCC1CN(C(=O)OCc2ccccc2)CCO1)c1ccc(Cl)s1. The zero-order valence-electron chi connectivity index (χ0n) is 14.7. The lowest BCUT2D eigenvalue weighted by molar-refractivity contribution is -0.0278. The van der Waals surface area contributed by atoms with Gasteiger partial charge in [0.25, 0.3) is 0 Å². The highest BCUT2D eigenvalue weighted by molar-refractivity contribution is 7.16. The van der Waals surface area contributed by atoms with Gasteiger partial charge in [-0.3, -0.25) is 0 Å². The van der Waals surface area contributed by atoms with Gasteiger partial charge in [-0.15, -0.1) is 11.3 Å². The molecule has 1 saturated heterocycles. The largest absolute Gasteiger partial charge is 0.445 e. The van der Waals surface area contributed by atoms with Gasteiger partial charge in [-0.1, -0.05) is 41.9 Å². The fourth-order valence-electron chi connectivity index (χ4n) is 2.79. The Kier molecular flexibility index (Phi) is 6.91. The van der Waals surface area contributed by atoms with Crippen molar-refractivity contribution >= 4 is 29.0 Å². The number of nitrogens with one attached hydrogen (secondary N) is 1. The van der Waals surface area contributed by atoms with Gasteiger partial charge in [0.15, 0.2) is 0 Å². The number of morpholine rings is 1. The second-order valence-corrected chi connectivity index (χ2v) is 8.00. The maximum atomic E-state index is 12.3. The highest BCUT2D eigenvalue weighted by Crippen LogP contribution is 2.26. The molecule has 1 aliphatic rings. The minimum Gasteiger partial charge on any atom is -0.445 e. The van der Waals surface area contributed by atoms with Gasteiger partial charge in [0, 0.05) is 24.0 Å². The van der Waals surface area contributed by atoms with Gasteiger partial charge in [-0.2, -0.15) is 0 Å². The average Bonchev–Trinajstić information content (AvgIpc) is 3.12. The molecule has 0 radical (unpaired) electrons. The molecule has 140 valence electrons. The summed E-state index contributed by atoms with van der Waals surface area (Å²) in [5, 5.41) is 3.45. The number of amides is 1. The number of halogens is 1. The second kappa shape index (κ2) is 9.37. The van der Waals surface area contributed by atoms with E-state index in [2.05, 4.69) is 12.2 Å². The molecule has 5 nitrogen and oxygen atoms in total. The van der Waals surface area contributed by atoms with Gasteiger partial charge in [-0.25, -0.2) is 4.79 Å². The molecular formula is C19H23ClN2O3S. The molecule has 3 rings (SSSR count). The van der Waals surface area contributed by atoms with Crippen molar-refractivity contribution in [1.82, 2.24) is 10.2 Å². The van der Waals surface area contributed by atoms with E-state index in [1.807, 2.05) is 42.5 Å². The highest BCUT2D eigenvalue weighted by Gasteiger charge is 2.25. The van der Waals surface area contributed by atoms with E-state index in [-0.39, 0.29) is 24.8 Å². The molecule has 0 bridgehead atoms. The molecule has 2 atom stereocenters. The lowest BCUT2D eigenvalue weighted by Gasteiger charge is -2.33. The maximum Gasteiger partial charge on any atom is 0.410 e. The monoisotopic (exact) mass is 394 g/mol. The predicted octanol–water partition coefficient (Wildman–Crippen LogP) is 4.09. The quantitative estimate of drug-likeness (QED) is 0.801. The topological polar surface area (TPSA) is 50.8 Å². The third-order valence-corrected chi connectivity index (χ3v) is 5.69. The van der Waals surface area contributed by atoms with Crippen molar-refractivity contribution in [2.45, 2.75) is 25.7 Å². The van der Waals surface area contributed by atoms with E-state index in [1.165, 1.54) is 4.88 Å². The van der Waals surface area contributed by atoms with Crippen LogP contribution in [-0.4, -0.2) is 43.3 Å². The second-order valence-electron chi connectivity index (χ2n) is 6.25. The van der Waals surface area contributed by atoms with Crippen LogP contribution in [0, 0.1) is 0 Å². The van der Waals surface area contributed by atoms with E-state index >= 15 is 0 Å². The van der Waals surface area contributed by atoms with E-state index in [9.17, 15) is 4.79 Å². The Hall–Kier alpha value is -1.60. The molecule has 2 heterocycles. The number of thiophene rings is 1. The molecule has 0 spiro atoms. The predicted molar refractivity (Wildman–Crippen MR) is 104 cm³/mol. The fraction of sp³-hybridized carbons (Fsp3) is 0.421. The first-order valence-electron chi connectivity index (χ1n) is 8.67. The van der Waals surface area contributed by atoms with Crippen molar-refractivity contribution in [2.24, 2.45) is 0 Å². The van der Waals surface area contributed by atoms with Crippen LogP contribution in [0.5, 0.6) is 0 Å². The van der Waals surface area contributed by atoms with Crippen molar-refractivity contribution in [3.63, 3.8) is 0 Å². The molecule has 1 N–H and O–H groups in total. The van der Waals surface area contributed by atoms with Crippen molar-refractivity contribution < 1.29 is 14.3 Å². The van der Waals surface area contributed by atoms with Crippen LogP contribution in [-0.2, 0) is 16.1 Å². The molecule has 0 saturated carbocycles. The number of carbonyl (C=O) groups is 1. The number of nitrogens with zero attached hydrogens (tertiary/aromatic N) is 1. The number of carbonyl (C=O) groups excluding carboxylic acids is 1. The van der Waals surface area contributed by atoms with Crippen molar-refractivity contribution in [3.05, 3.63) is 57.2 Å². The van der Waals surface area contributed by atoms with Crippen molar-refractivity contribution in [3.8, 4) is 0 Å². The molecule has 1 amide bonds. The summed E-state index contributed by atoms with van der Waals surface area (Å²) in [4.78, 5) is 15.2. The van der Waals surface area contributed by atoms with Crippen molar-refractivity contribution in [2.75, 3.05) is 26.2 Å². The Morgan fingerprint density at radius 1 is 1.38 bits per heavy atom. The van der Waals surface area contributed by atoms with Crippen molar-refractivity contribution in [1.29, 1.82) is 0 Å². The summed E-state index contributed by atoms with van der Waals surface area (Å²) in [7, 11) is 0. The molecule has 2 aromatic rings. The Morgan fingerprint density at radius 2 is 2.19 bits per heavy atom. The van der Waals surface area contributed by atoms with Gasteiger partial charge in [0.05, 0.1) is 23.6 Å². The normalized spacial score (nSPS) is 18.5. The zero-order valence-corrected chi connectivity index (χ0v) is 16.3. The van der Waals surface area contributed by atoms with E-state index < -0.39 is 0 Å². The van der Waals surface area contributed by atoms with E-state index in [0.29, 0.717) is 26.2 Å². The summed E-state index contributed by atoms with van der Waals surface area (Å²) in [6, 6.07) is 13.8. The first-order chi connectivity index (χ1) is 12.6. The first kappa shape index (κ1) is 19.2. The Bertz CT molecular complexity index is 710. The van der Waals surface area contributed by atoms with Crippen LogP contribution in [0.15, 0.2) is 42.5 Å². The lowest BCUT2D eigenvalue weighted by Crippen LogP contribution is -2.49. The standard InChI is InChI=1S/C19H23ClN2O3S/c1-14(17-7-8-18(20)26-17)21-11-16-12-22(9-10-24-16)19(23)25-13-15-5-3-2-4-6-15/h2-8,14,16,21H,9-13H2,1H3. The smallest absolute Gasteiger partial charge is 0.410 e. The summed E-state index contributed by atoms with van der Waals surface area (Å²) in [5.74, 6) is 0. The van der Waals surface area contributed by atoms with E-state index in [0.717, 1.165) is 9.90 Å². The Morgan fingerprint density at radius 3 is 2.92 bits per heavy atom. The molecule has 1 fully saturated rings. The third kappa shape index (κ3) is 5.45. The summed E-state index contributed by atoms with van der Waals surface area (Å²) in [6.07, 6.45) is -0.342. The number of hydrogen-bond acceptors (Lipinski definition) is 5. The first-order valence-corrected chi connectivity index (χ1v) is 9.87. The van der Waals surface area contributed by atoms with Crippen LogP contribution < -0.4 is 5.32 Å². The van der Waals surface area contributed by atoms with Crippen LogP contribution in [0.3, 0.4) is 0 Å². The Labute approximate surface area is 162 Å². The molecule has 1 aromatic carbocycles. The molecule has 26 heavy (non-hydrogen) atoms. The van der Waals surface area contributed by atoms with E-state index in [4.69, 9.17) is 21.1 Å². The number of rotatable bonds is 6. The maximum absolute atomic E-state index is 12.3. The minimum atomic E-state index is -0.291. The Balaban J connectivity index is 1.43. The molecule has 0 aliphatic carbocycles. The fourth-order valence-corrected chi connectivity index (χ4v) is 3.88. The summed E-state index contributed by atoms with van der Waals surface area (Å²) >= 11 is 7.56. The number of benzene rings is 1. The van der Waals surface area contributed by atoms with Gasteiger partial charge in [0.1, 0.15) is 6.61 Å². The summed E-state index contributed by atoms with van der Waals surface area (Å²) < 4.78 is 12.0. The van der Waals surface area contributed by atoms with Gasteiger partial charge >= 0.3 is 6.09 Å². The zero-order chi connectivity index (χ0) is 18.4. The molecule has 1 aromatic heterocycles. The van der Waals surface area contributed by atoms with E-state index in [1.54, 1.807) is 16.2 Å².